The zero-order valence-electron chi connectivity index (χ0n) is 17.1. The molecular formula is C21H20N8O. The Hall–Kier alpha value is -4.19. The molecule has 0 spiro atoms. The summed E-state index contributed by atoms with van der Waals surface area (Å²) in [6.45, 7) is 3.91. The van der Waals surface area contributed by atoms with E-state index in [4.69, 9.17) is 10.00 Å². The lowest BCUT2D eigenvalue weighted by molar-refractivity contribution is 0.418. The fraction of sp³-hybridized carbons (Fsp3) is 0.190. The molecule has 3 heterocycles. The van der Waals surface area contributed by atoms with E-state index in [1.54, 1.807) is 34.7 Å². The lowest BCUT2D eigenvalue weighted by atomic mass is 10.1. The van der Waals surface area contributed by atoms with E-state index in [1.807, 2.05) is 39.1 Å². The summed E-state index contributed by atoms with van der Waals surface area (Å²) < 4.78 is 9.14. The molecule has 4 aromatic rings. The van der Waals surface area contributed by atoms with E-state index in [2.05, 4.69) is 31.6 Å². The highest BCUT2D eigenvalue weighted by atomic mass is 16.5. The standard InChI is InChI=1S/C21H20N8O/c1-13-9-14(2)29(26-13)18-10-17(23-12-24-18)25-21-20(30-4)19(28(3)27-21)16-7-5-15(11-22)6-8-16/h5-10,12H,1-4H3,(H,23,24,25,27). The van der Waals surface area contributed by atoms with Crippen LogP contribution < -0.4 is 10.1 Å². The maximum Gasteiger partial charge on any atom is 0.196 e. The largest absolute Gasteiger partial charge is 0.491 e. The summed E-state index contributed by atoms with van der Waals surface area (Å²) in [4.78, 5) is 8.62. The third kappa shape index (κ3) is 3.46. The van der Waals surface area contributed by atoms with Crippen LogP contribution in [0.1, 0.15) is 17.0 Å². The van der Waals surface area contributed by atoms with Crippen LogP contribution in [-0.2, 0) is 7.05 Å². The normalized spacial score (nSPS) is 10.6. The van der Waals surface area contributed by atoms with Gasteiger partial charge in [-0.05, 0) is 32.0 Å². The molecule has 0 atom stereocenters. The molecule has 9 heteroatoms. The summed E-state index contributed by atoms with van der Waals surface area (Å²) in [5, 5.41) is 21.3. The Morgan fingerprint density at radius 1 is 1.07 bits per heavy atom. The minimum Gasteiger partial charge on any atom is -0.491 e. The fourth-order valence-corrected chi connectivity index (χ4v) is 3.31. The van der Waals surface area contributed by atoms with Crippen LogP contribution in [0.3, 0.4) is 0 Å². The average molecular weight is 400 g/mol. The minimum absolute atomic E-state index is 0.525. The summed E-state index contributed by atoms with van der Waals surface area (Å²) in [6, 6.07) is 13.2. The maximum atomic E-state index is 9.03. The number of anilines is 2. The summed E-state index contributed by atoms with van der Waals surface area (Å²) in [5.41, 5.74) is 4.17. The molecule has 150 valence electrons. The van der Waals surface area contributed by atoms with Gasteiger partial charge in [-0.2, -0.15) is 15.5 Å². The van der Waals surface area contributed by atoms with E-state index in [9.17, 15) is 0 Å². The molecule has 3 aromatic heterocycles. The average Bonchev–Trinajstić information content (AvgIpc) is 3.25. The van der Waals surface area contributed by atoms with Crippen molar-refractivity contribution >= 4 is 11.6 Å². The molecule has 0 saturated heterocycles. The molecule has 0 saturated carbocycles. The van der Waals surface area contributed by atoms with Crippen molar-refractivity contribution in [2.24, 2.45) is 7.05 Å². The van der Waals surface area contributed by atoms with Gasteiger partial charge in [0.1, 0.15) is 17.8 Å². The molecule has 0 fully saturated rings. The highest BCUT2D eigenvalue weighted by Gasteiger charge is 2.19. The topological polar surface area (TPSA) is 106 Å². The predicted molar refractivity (Wildman–Crippen MR) is 112 cm³/mol. The van der Waals surface area contributed by atoms with Crippen molar-refractivity contribution in [1.82, 2.24) is 29.5 Å². The summed E-state index contributed by atoms with van der Waals surface area (Å²) in [6.07, 6.45) is 1.48. The monoisotopic (exact) mass is 400 g/mol. The first-order valence-electron chi connectivity index (χ1n) is 9.24. The van der Waals surface area contributed by atoms with Crippen LogP contribution in [0.15, 0.2) is 42.7 Å². The number of aryl methyl sites for hydroxylation is 3. The molecule has 0 bridgehead atoms. The summed E-state index contributed by atoms with van der Waals surface area (Å²) in [7, 11) is 3.43. The number of hydrogen-bond acceptors (Lipinski definition) is 7. The molecular weight excluding hydrogens is 380 g/mol. The van der Waals surface area contributed by atoms with Gasteiger partial charge in [0.2, 0.25) is 0 Å². The van der Waals surface area contributed by atoms with Gasteiger partial charge < -0.3 is 10.1 Å². The van der Waals surface area contributed by atoms with Crippen LogP contribution in [0.25, 0.3) is 17.1 Å². The van der Waals surface area contributed by atoms with E-state index >= 15 is 0 Å². The van der Waals surface area contributed by atoms with Crippen LogP contribution in [0.4, 0.5) is 11.6 Å². The third-order valence-corrected chi connectivity index (χ3v) is 4.62. The van der Waals surface area contributed by atoms with E-state index in [1.165, 1.54) is 6.33 Å². The molecule has 0 aliphatic heterocycles. The van der Waals surface area contributed by atoms with Gasteiger partial charge in [0.25, 0.3) is 0 Å². The van der Waals surface area contributed by atoms with Crippen LogP contribution in [0.2, 0.25) is 0 Å². The summed E-state index contributed by atoms with van der Waals surface area (Å²) >= 11 is 0. The number of rotatable bonds is 5. The Morgan fingerprint density at radius 2 is 1.83 bits per heavy atom. The Balaban J connectivity index is 1.70. The Morgan fingerprint density at radius 3 is 2.47 bits per heavy atom. The second-order valence-electron chi connectivity index (χ2n) is 6.77. The quantitative estimate of drug-likeness (QED) is 0.548. The van der Waals surface area contributed by atoms with E-state index in [0.717, 1.165) is 22.6 Å². The lowest BCUT2D eigenvalue weighted by Crippen LogP contribution is -2.04. The first-order valence-corrected chi connectivity index (χ1v) is 9.24. The van der Waals surface area contributed by atoms with Gasteiger partial charge >= 0.3 is 0 Å². The number of benzene rings is 1. The van der Waals surface area contributed by atoms with Crippen molar-refractivity contribution in [1.29, 1.82) is 5.26 Å². The smallest absolute Gasteiger partial charge is 0.196 e. The van der Waals surface area contributed by atoms with Gasteiger partial charge in [0, 0.05) is 24.4 Å². The van der Waals surface area contributed by atoms with Crippen LogP contribution in [0.5, 0.6) is 5.75 Å². The van der Waals surface area contributed by atoms with Crippen molar-refractivity contribution in [3.63, 3.8) is 0 Å². The molecule has 0 aliphatic carbocycles. The number of ether oxygens (including phenoxy) is 1. The fourth-order valence-electron chi connectivity index (χ4n) is 3.31. The summed E-state index contributed by atoms with van der Waals surface area (Å²) in [5.74, 6) is 2.32. The Labute approximate surface area is 173 Å². The van der Waals surface area contributed by atoms with E-state index in [-0.39, 0.29) is 0 Å². The number of nitrogens with one attached hydrogen (secondary N) is 1. The maximum absolute atomic E-state index is 9.03. The number of methoxy groups -OCH3 is 1. The zero-order chi connectivity index (χ0) is 21.3. The number of hydrogen-bond donors (Lipinski definition) is 1. The molecule has 0 radical (unpaired) electrons. The molecule has 4 rings (SSSR count). The molecule has 9 nitrogen and oxygen atoms in total. The van der Waals surface area contributed by atoms with Crippen molar-refractivity contribution in [3.05, 3.63) is 59.7 Å². The highest BCUT2D eigenvalue weighted by molar-refractivity contribution is 5.76. The highest BCUT2D eigenvalue weighted by Crippen LogP contribution is 2.37. The van der Waals surface area contributed by atoms with Crippen LogP contribution >= 0.6 is 0 Å². The van der Waals surface area contributed by atoms with Crippen molar-refractivity contribution in [3.8, 4) is 28.9 Å². The number of nitrogens with zero attached hydrogens (tertiary/aromatic N) is 7. The number of nitriles is 1. The van der Waals surface area contributed by atoms with Crippen LogP contribution in [-0.4, -0.2) is 36.6 Å². The Bertz CT molecular complexity index is 1250. The SMILES string of the molecule is COc1c(Nc2cc(-n3nc(C)cc3C)ncn2)nn(C)c1-c1ccc(C#N)cc1. The predicted octanol–water partition coefficient (Wildman–Crippen LogP) is 3.30. The molecule has 1 aromatic carbocycles. The lowest BCUT2D eigenvalue weighted by Gasteiger charge is -2.08. The van der Waals surface area contributed by atoms with Gasteiger partial charge in [-0.15, -0.1) is 0 Å². The first-order chi connectivity index (χ1) is 14.5. The number of aromatic nitrogens is 6. The zero-order valence-corrected chi connectivity index (χ0v) is 17.1. The van der Waals surface area contributed by atoms with Crippen molar-refractivity contribution < 1.29 is 4.74 Å². The van der Waals surface area contributed by atoms with Gasteiger partial charge in [-0.3, -0.25) is 4.68 Å². The van der Waals surface area contributed by atoms with Gasteiger partial charge in [-0.25, -0.2) is 14.6 Å². The second-order valence-corrected chi connectivity index (χ2v) is 6.77. The molecule has 1 N–H and O–H groups in total. The second kappa shape index (κ2) is 7.67. The van der Waals surface area contributed by atoms with Gasteiger partial charge in [0.05, 0.1) is 24.4 Å². The third-order valence-electron chi connectivity index (χ3n) is 4.62. The van der Waals surface area contributed by atoms with Crippen LogP contribution in [0, 0.1) is 25.2 Å². The van der Waals surface area contributed by atoms with Crippen molar-refractivity contribution in [2.45, 2.75) is 13.8 Å². The van der Waals surface area contributed by atoms with Gasteiger partial charge in [-0.1, -0.05) is 12.1 Å². The molecule has 0 aliphatic rings. The van der Waals surface area contributed by atoms with Gasteiger partial charge in [0.15, 0.2) is 17.4 Å². The Kier molecular flexibility index (Phi) is 4.90. The molecule has 0 amide bonds. The van der Waals surface area contributed by atoms with E-state index < -0.39 is 0 Å². The van der Waals surface area contributed by atoms with Crippen molar-refractivity contribution in [2.75, 3.05) is 12.4 Å². The van der Waals surface area contributed by atoms with E-state index in [0.29, 0.717) is 28.8 Å². The molecule has 0 unspecified atom stereocenters. The minimum atomic E-state index is 0.525. The molecule has 30 heavy (non-hydrogen) atoms. The first kappa shape index (κ1) is 19.1.